The zero-order chi connectivity index (χ0) is 14.5. The lowest BCUT2D eigenvalue weighted by Gasteiger charge is -2.09. The van der Waals surface area contributed by atoms with Crippen LogP contribution in [0, 0.1) is 16.0 Å². The second kappa shape index (κ2) is 6.67. The first-order chi connectivity index (χ1) is 9.59. The summed E-state index contributed by atoms with van der Waals surface area (Å²) in [7, 11) is 0. The number of ether oxygens (including phenoxy) is 1. The van der Waals surface area contributed by atoms with Crippen LogP contribution in [0.15, 0.2) is 18.2 Å². The number of hydrogen-bond donors (Lipinski definition) is 1. The maximum atomic E-state index is 12.0. The minimum Gasteiger partial charge on any atom is -0.381 e. The Balaban J connectivity index is 1.95. The highest BCUT2D eigenvalue weighted by Crippen LogP contribution is 2.27. The minimum atomic E-state index is -0.602. The molecule has 0 radical (unpaired) electrons. The third-order valence-electron chi connectivity index (χ3n) is 3.28. The highest BCUT2D eigenvalue weighted by molar-refractivity contribution is 6.35. The van der Waals surface area contributed by atoms with E-state index in [0.717, 1.165) is 26.1 Å². The van der Waals surface area contributed by atoms with Gasteiger partial charge in [0, 0.05) is 25.8 Å². The van der Waals surface area contributed by atoms with E-state index in [-0.39, 0.29) is 16.3 Å². The van der Waals surface area contributed by atoms with Crippen molar-refractivity contribution in [2.75, 3.05) is 19.8 Å². The van der Waals surface area contributed by atoms with Crippen LogP contribution >= 0.6 is 11.6 Å². The van der Waals surface area contributed by atoms with Crippen molar-refractivity contribution in [2.24, 2.45) is 5.92 Å². The molecule has 1 aliphatic heterocycles. The number of carbonyl (C=O) groups excluding carboxylic acids is 1. The first-order valence-electron chi connectivity index (χ1n) is 6.38. The Labute approximate surface area is 121 Å². The van der Waals surface area contributed by atoms with Crippen LogP contribution in [0.2, 0.25) is 5.02 Å². The largest absolute Gasteiger partial charge is 0.381 e. The van der Waals surface area contributed by atoms with E-state index >= 15 is 0 Å². The third kappa shape index (κ3) is 3.46. The Morgan fingerprint density at radius 1 is 1.55 bits per heavy atom. The van der Waals surface area contributed by atoms with Gasteiger partial charge < -0.3 is 10.1 Å². The topological polar surface area (TPSA) is 81.5 Å². The van der Waals surface area contributed by atoms with Crippen LogP contribution in [0.5, 0.6) is 0 Å². The van der Waals surface area contributed by atoms with E-state index in [9.17, 15) is 14.9 Å². The second-order valence-electron chi connectivity index (χ2n) is 4.67. The third-order valence-corrected chi connectivity index (χ3v) is 3.68. The Morgan fingerprint density at radius 3 is 3.00 bits per heavy atom. The number of nitro groups is 1. The molecule has 0 spiro atoms. The summed E-state index contributed by atoms with van der Waals surface area (Å²) in [4.78, 5) is 22.1. The van der Waals surface area contributed by atoms with E-state index < -0.39 is 10.8 Å². The second-order valence-corrected chi connectivity index (χ2v) is 5.05. The van der Waals surface area contributed by atoms with Gasteiger partial charge in [0.15, 0.2) is 0 Å². The van der Waals surface area contributed by atoms with E-state index in [1.165, 1.54) is 18.2 Å². The summed E-state index contributed by atoms with van der Waals surface area (Å²) < 4.78 is 5.25. The quantitative estimate of drug-likeness (QED) is 0.668. The summed E-state index contributed by atoms with van der Waals surface area (Å²) >= 11 is 5.88. The molecule has 1 heterocycles. The molecular weight excluding hydrogens is 284 g/mol. The molecular formula is C13H15ClN2O4. The van der Waals surface area contributed by atoms with Crippen LogP contribution in [0.1, 0.15) is 23.2 Å². The van der Waals surface area contributed by atoms with Crippen LogP contribution in [0.25, 0.3) is 0 Å². The molecule has 0 bridgehead atoms. The molecule has 0 aliphatic carbocycles. The number of benzene rings is 1. The summed E-state index contributed by atoms with van der Waals surface area (Å²) in [6.45, 7) is 2.01. The summed E-state index contributed by atoms with van der Waals surface area (Å²) in [6.07, 6.45) is 1.84. The average Bonchev–Trinajstić information content (AvgIpc) is 2.91. The van der Waals surface area contributed by atoms with Crippen LogP contribution < -0.4 is 5.32 Å². The van der Waals surface area contributed by atoms with Gasteiger partial charge in [-0.2, -0.15) is 0 Å². The maximum absolute atomic E-state index is 12.0. The average molecular weight is 299 g/mol. The molecule has 1 amide bonds. The molecule has 1 unspecified atom stereocenters. The van der Waals surface area contributed by atoms with Gasteiger partial charge in [-0.1, -0.05) is 17.7 Å². The van der Waals surface area contributed by atoms with Gasteiger partial charge in [-0.25, -0.2) is 0 Å². The zero-order valence-electron chi connectivity index (χ0n) is 10.8. The lowest BCUT2D eigenvalue weighted by atomic mass is 10.1. The maximum Gasteiger partial charge on any atom is 0.288 e. The van der Waals surface area contributed by atoms with Gasteiger partial charge >= 0.3 is 0 Å². The molecule has 1 fully saturated rings. The van der Waals surface area contributed by atoms with Crippen molar-refractivity contribution in [3.05, 3.63) is 38.9 Å². The van der Waals surface area contributed by atoms with Crippen molar-refractivity contribution >= 4 is 23.2 Å². The standard InChI is InChI=1S/C13H15ClN2O4/c14-12-10(2-1-3-11(12)16(18)19)13(17)15-6-4-9-5-7-20-8-9/h1-3,9H,4-8H2,(H,15,17). The van der Waals surface area contributed by atoms with Gasteiger partial charge in [-0.15, -0.1) is 0 Å². The molecule has 1 atom stereocenters. The first-order valence-corrected chi connectivity index (χ1v) is 6.76. The minimum absolute atomic E-state index is 0.126. The van der Waals surface area contributed by atoms with Crippen molar-refractivity contribution < 1.29 is 14.5 Å². The number of nitrogens with one attached hydrogen (secondary N) is 1. The van der Waals surface area contributed by atoms with Gasteiger partial charge in [0.25, 0.3) is 11.6 Å². The van der Waals surface area contributed by atoms with Crippen molar-refractivity contribution in [3.63, 3.8) is 0 Å². The van der Waals surface area contributed by atoms with Crippen molar-refractivity contribution in [1.82, 2.24) is 5.32 Å². The first kappa shape index (κ1) is 14.7. The molecule has 0 aromatic heterocycles. The van der Waals surface area contributed by atoms with E-state index in [1.807, 2.05) is 0 Å². The Hall–Kier alpha value is -1.66. The van der Waals surface area contributed by atoms with E-state index in [0.29, 0.717) is 12.5 Å². The summed E-state index contributed by atoms with van der Waals surface area (Å²) in [5, 5.41) is 13.4. The summed E-state index contributed by atoms with van der Waals surface area (Å²) in [6, 6.07) is 4.20. The smallest absolute Gasteiger partial charge is 0.288 e. The molecule has 1 aromatic carbocycles. The van der Waals surface area contributed by atoms with Crippen molar-refractivity contribution in [2.45, 2.75) is 12.8 Å². The Kier molecular flexibility index (Phi) is 4.92. The number of halogens is 1. The van der Waals surface area contributed by atoms with Crippen molar-refractivity contribution in [3.8, 4) is 0 Å². The van der Waals surface area contributed by atoms with Crippen molar-refractivity contribution in [1.29, 1.82) is 0 Å². The molecule has 1 aliphatic rings. The molecule has 108 valence electrons. The Bertz CT molecular complexity index is 515. The van der Waals surface area contributed by atoms with Gasteiger partial charge in [-0.3, -0.25) is 14.9 Å². The number of carbonyl (C=O) groups is 1. The van der Waals surface area contributed by atoms with Gasteiger partial charge in [0.2, 0.25) is 0 Å². The molecule has 0 saturated carbocycles. The zero-order valence-corrected chi connectivity index (χ0v) is 11.6. The number of hydrogen-bond acceptors (Lipinski definition) is 4. The predicted octanol–water partition coefficient (Wildman–Crippen LogP) is 2.40. The molecule has 1 saturated heterocycles. The number of nitrogens with zero attached hydrogens (tertiary/aromatic N) is 1. The lowest BCUT2D eigenvalue weighted by Crippen LogP contribution is -2.26. The number of amides is 1. The Morgan fingerprint density at radius 2 is 2.35 bits per heavy atom. The molecule has 2 rings (SSSR count). The summed E-state index contributed by atoms with van der Waals surface area (Å²) in [5.41, 5.74) is -0.132. The molecule has 1 aromatic rings. The van der Waals surface area contributed by atoms with Crippen LogP contribution in [-0.4, -0.2) is 30.6 Å². The molecule has 20 heavy (non-hydrogen) atoms. The number of rotatable bonds is 5. The molecule has 6 nitrogen and oxygen atoms in total. The highest BCUT2D eigenvalue weighted by atomic mass is 35.5. The van der Waals surface area contributed by atoms with E-state index in [2.05, 4.69) is 5.32 Å². The molecule has 7 heteroatoms. The molecule has 1 N–H and O–H groups in total. The SMILES string of the molecule is O=C(NCCC1CCOC1)c1cccc([N+](=O)[O-])c1Cl. The number of nitro benzene ring substituents is 1. The van der Waals surface area contributed by atoms with Crippen LogP contribution in [0.3, 0.4) is 0 Å². The lowest BCUT2D eigenvalue weighted by molar-refractivity contribution is -0.384. The fourth-order valence-electron chi connectivity index (χ4n) is 2.13. The highest BCUT2D eigenvalue weighted by Gasteiger charge is 2.20. The van der Waals surface area contributed by atoms with Crippen LogP contribution in [-0.2, 0) is 4.74 Å². The fourth-order valence-corrected chi connectivity index (χ4v) is 2.41. The summed E-state index contributed by atoms with van der Waals surface area (Å²) in [5.74, 6) is 0.0773. The van der Waals surface area contributed by atoms with Crippen LogP contribution in [0.4, 0.5) is 5.69 Å². The fraction of sp³-hybridized carbons (Fsp3) is 0.462. The van der Waals surface area contributed by atoms with Gasteiger partial charge in [0.05, 0.1) is 10.5 Å². The normalized spacial score (nSPS) is 17.9. The van der Waals surface area contributed by atoms with E-state index in [4.69, 9.17) is 16.3 Å². The van der Waals surface area contributed by atoms with Gasteiger partial charge in [-0.05, 0) is 24.8 Å². The predicted molar refractivity (Wildman–Crippen MR) is 74.0 cm³/mol. The van der Waals surface area contributed by atoms with E-state index in [1.54, 1.807) is 0 Å². The monoisotopic (exact) mass is 298 g/mol. The van der Waals surface area contributed by atoms with Gasteiger partial charge in [0.1, 0.15) is 5.02 Å².